The van der Waals surface area contributed by atoms with E-state index in [0.29, 0.717) is 12.0 Å². The average Bonchev–Trinajstić information content (AvgIpc) is 2.41. The molecule has 0 aliphatic heterocycles. The number of benzene rings is 1. The van der Waals surface area contributed by atoms with E-state index in [9.17, 15) is 0 Å². The van der Waals surface area contributed by atoms with Gasteiger partial charge in [0.15, 0.2) is 0 Å². The lowest BCUT2D eigenvalue weighted by molar-refractivity contribution is 0.550. The molecule has 0 saturated carbocycles. The van der Waals surface area contributed by atoms with Crippen LogP contribution >= 0.6 is 11.6 Å². The number of nitrogens with zero attached hydrogens (tertiary/aromatic N) is 1. The van der Waals surface area contributed by atoms with Crippen LogP contribution in [0, 0.1) is 5.92 Å². The second-order valence-corrected chi connectivity index (χ2v) is 6.22. The first kappa shape index (κ1) is 17.3. The molecule has 3 heteroatoms. The van der Waals surface area contributed by atoms with Crippen LogP contribution < -0.4 is 10.2 Å². The predicted molar refractivity (Wildman–Crippen MR) is 90.8 cm³/mol. The fourth-order valence-corrected chi connectivity index (χ4v) is 2.73. The summed E-state index contributed by atoms with van der Waals surface area (Å²) in [6.45, 7) is 14.0. The first-order valence-electron chi connectivity index (χ1n) is 7.75. The highest BCUT2D eigenvalue weighted by Crippen LogP contribution is 2.31. The molecule has 0 heterocycles. The van der Waals surface area contributed by atoms with Crippen LogP contribution in [0.25, 0.3) is 0 Å². The van der Waals surface area contributed by atoms with Gasteiger partial charge in [-0.15, -0.1) is 0 Å². The summed E-state index contributed by atoms with van der Waals surface area (Å²) in [6, 6.07) is 6.72. The molecule has 2 nitrogen and oxygen atoms in total. The molecule has 0 saturated heterocycles. The van der Waals surface area contributed by atoms with Crippen LogP contribution in [0.15, 0.2) is 18.2 Å². The van der Waals surface area contributed by atoms with Crippen molar-refractivity contribution in [3.8, 4) is 0 Å². The Balaban J connectivity index is 2.97. The molecule has 0 fully saturated rings. The van der Waals surface area contributed by atoms with Crippen molar-refractivity contribution in [2.24, 2.45) is 5.92 Å². The van der Waals surface area contributed by atoms with E-state index in [0.717, 1.165) is 31.1 Å². The number of para-hydroxylation sites is 1. The van der Waals surface area contributed by atoms with E-state index in [1.165, 1.54) is 11.3 Å². The van der Waals surface area contributed by atoms with Gasteiger partial charge in [0.05, 0.1) is 10.7 Å². The van der Waals surface area contributed by atoms with Gasteiger partial charge in [-0.25, -0.2) is 0 Å². The van der Waals surface area contributed by atoms with Gasteiger partial charge >= 0.3 is 0 Å². The van der Waals surface area contributed by atoms with Crippen molar-refractivity contribution in [2.75, 3.05) is 18.0 Å². The number of rotatable bonds is 8. The van der Waals surface area contributed by atoms with Crippen molar-refractivity contribution in [1.29, 1.82) is 0 Å². The molecule has 114 valence electrons. The van der Waals surface area contributed by atoms with Crippen molar-refractivity contribution in [2.45, 2.75) is 53.6 Å². The Labute approximate surface area is 129 Å². The summed E-state index contributed by atoms with van der Waals surface area (Å²) in [5.74, 6) is 0.662. The molecule has 1 rings (SSSR count). The zero-order chi connectivity index (χ0) is 15.1. The highest BCUT2D eigenvalue weighted by atomic mass is 35.5. The minimum atomic E-state index is 0.503. The predicted octanol–water partition coefficient (Wildman–Crippen LogP) is 4.71. The van der Waals surface area contributed by atoms with Gasteiger partial charge in [-0.2, -0.15) is 0 Å². The van der Waals surface area contributed by atoms with E-state index in [4.69, 9.17) is 11.6 Å². The second kappa shape index (κ2) is 8.53. The normalized spacial score (nSPS) is 12.8. The quantitative estimate of drug-likeness (QED) is 0.747. The van der Waals surface area contributed by atoms with Crippen LogP contribution in [0.3, 0.4) is 0 Å². The van der Waals surface area contributed by atoms with E-state index < -0.39 is 0 Å². The molecule has 0 aliphatic rings. The topological polar surface area (TPSA) is 15.3 Å². The summed E-state index contributed by atoms with van der Waals surface area (Å²) in [5, 5.41) is 4.38. The van der Waals surface area contributed by atoms with Crippen LogP contribution in [-0.2, 0) is 6.54 Å². The van der Waals surface area contributed by atoms with Gasteiger partial charge < -0.3 is 10.2 Å². The van der Waals surface area contributed by atoms with Gasteiger partial charge in [-0.05, 0) is 44.4 Å². The maximum atomic E-state index is 6.48. The minimum Gasteiger partial charge on any atom is -0.368 e. The smallest absolute Gasteiger partial charge is 0.0643 e. The molecule has 0 aromatic heterocycles. The Morgan fingerprint density at radius 2 is 1.90 bits per heavy atom. The first-order valence-corrected chi connectivity index (χ1v) is 8.13. The van der Waals surface area contributed by atoms with Gasteiger partial charge in [0, 0.05) is 19.1 Å². The molecular weight excluding hydrogens is 268 g/mol. The molecule has 0 radical (unpaired) electrons. The second-order valence-electron chi connectivity index (χ2n) is 5.82. The molecule has 0 spiro atoms. The molecule has 0 bridgehead atoms. The molecule has 0 aliphatic carbocycles. The highest BCUT2D eigenvalue weighted by molar-refractivity contribution is 6.33. The maximum Gasteiger partial charge on any atom is 0.0643 e. The lowest BCUT2D eigenvalue weighted by atomic mass is 10.1. The Morgan fingerprint density at radius 1 is 1.20 bits per heavy atom. The summed E-state index contributed by atoms with van der Waals surface area (Å²) in [5.41, 5.74) is 2.49. The summed E-state index contributed by atoms with van der Waals surface area (Å²) in [7, 11) is 0. The first-order chi connectivity index (χ1) is 9.51. The van der Waals surface area contributed by atoms with Crippen LogP contribution in [0.1, 0.15) is 46.6 Å². The molecule has 1 N–H and O–H groups in total. The van der Waals surface area contributed by atoms with Crippen molar-refractivity contribution in [3.63, 3.8) is 0 Å². The number of hydrogen-bond donors (Lipinski definition) is 1. The molecule has 0 amide bonds. The lowest BCUT2D eigenvalue weighted by Gasteiger charge is -2.32. The third-order valence-electron chi connectivity index (χ3n) is 3.69. The number of nitrogens with one attached hydrogen (secondary N) is 1. The summed E-state index contributed by atoms with van der Waals surface area (Å²) in [4.78, 5) is 2.41. The fraction of sp³-hybridized carbons (Fsp3) is 0.647. The van der Waals surface area contributed by atoms with Crippen molar-refractivity contribution >= 4 is 17.3 Å². The minimum absolute atomic E-state index is 0.503. The van der Waals surface area contributed by atoms with E-state index in [1.54, 1.807) is 0 Å². The van der Waals surface area contributed by atoms with Gasteiger partial charge in [0.2, 0.25) is 0 Å². The number of anilines is 1. The van der Waals surface area contributed by atoms with Crippen molar-refractivity contribution in [1.82, 2.24) is 5.32 Å². The molecular formula is C17H29ClN2. The zero-order valence-corrected chi connectivity index (χ0v) is 14.3. The monoisotopic (exact) mass is 296 g/mol. The van der Waals surface area contributed by atoms with Crippen LogP contribution in [0.5, 0.6) is 0 Å². The Hall–Kier alpha value is -0.730. The van der Waals surface area contributed by atoms with E-state index in [1.807, 2.05) is 12.1 Å². The van der Waals surface area contributed by atoms with Crippen molar-refractivity contribution in [3.05, 3.63) is 28.8 Å². The largest absolute Gasteiger partial charge is 0.368 e. The molecule has 1 aromatic carbocycles. The zero-order valence-electron chi connectivity index (χ0n) is 13.5. The van der Waals surface area contributed by atoms with Gasteiger partial charge in [-0.3, -0.25) is 0 Å². The van der Waals surface area contributed by atoms with Crippen LogP contribution in [0.4, 0.5) is 5.69 Å². The summed E-state index contributed by atoms with van der Waals surface area (Å²) < 4.78 is 0. The fourth-order valence-electron chi connectivity index (χ4n) is 2.43. The molecule has 1 atom stereocenters. The Kier molecular flexibility index (Phi) is 7.39. The van der Waals surface area contributed by atoms with Crippen molar-refractivity contribution < 1.29 is 0 Å². The number of hydrogen-bond acceptors (Lipinski definition) is 2. The van der Waals surface area contributed by atoms with Gasteiger partial charge in [-0.1, -0.05) is 44.5 Å². The summed E-state index contributed by atoms with van der Waals surface area (Å²) >= 11 is 6.48. The Bertz CT molecular complexity index is 404. The maximum absolute atomic E-state index is 6.48. The third kappa shape index (κ3) is 4.68. The third-order valence-corrected chi connectivity index (χ3v) is 3.99. The Morgan fingerprint density at radius 3 is 2.45 bits per heavy atom. The standard InChI is InChI=1S/C17H29ClN2/c1-6-14(5)20(7-2)17-15(9-8-10-16(17)18)12-19-11-13(3)4/h8-10,13-14,19H,6-7,11-12H2,1-5H3. The molecule has 20 heavy (non-hydrogen) atoms. The highest BCUT2D eigenvalue weighted by Gasteiger charge is 2.17. The van der Waals surface area contributed by atoms with Crippen LogP contribution in [-0.4, -0.2) is 19.1 Å². The van der Waals surface area contributed by atoms with E-state index in [-0.39, 0.29) is 0 Å². The SMILES string of the molecule is CCC(C)N(CC)c1c(Cl)cccc1CNCC(C)C. The van der Waals surface area contributed by atoms with Crippen LogP contribution in [0.2, 0.25) is 5.02 Å². The van der Waals surface area contributed by atoms with Gasteiger partial charge in [0.25, 0.3) is 0 Å². The molecule has 1 aromatic rings. The molecule has 1 unspecified atom stereocenters. The number of halogens is 1. The van der Waals surface area contributed by atoms with E-state index >= 15 is 0 Å². The average molecular weight is 297 g/mol. The lowest BCUT2D eigenvalue weighted by Crippen LogP contribution is -2.34. The van der Waals surface area contributed by atoms with Gasteiger partial charge in [0.1, 0.15) is 0 Å². The summed E-state index contributed by atoms with van der Waals surface area (Å²) in [6.07, 6.45) is 1.12. The van der Waals surface area contributed by atoms with E-state index in [2.05, 4.69) is 50.9 Å².